The van der Waals surface area contributed by atoms with Gasteiger partial charge >= 0.3 is 5.97 Å². The van der Waals surface area contributed by atoms with E-state index in [9.17, 15) is 9.18 Å². The summed E-state index contributed by atoms with van der Waals surface area (Å²) in [6.07, 6.45) is 0.104. The second-order valence-corrected chi connectivity index (χ2v) is 6.41. The van der Waals surface area contributed by atoms with Crippen LogP contribution in [-0.4, -0.2) is 21.4 Å². The van der Waals surface area contributed by atoms with Gasteiger partial charge in [0, 0.05) is 6.04 Å². The topological polar surface area (TPSA) is 44.1 Å². The first kappa shape index (κ1) is 15.5. The Morgan fingerprint density at radius 3 is 2.62 bits per heavy atom. The van der Waals surface area contributed by atoms with E-state index in [4.69, 9.17) is 4.74 Å². The lowest BCUT2D eigenvalue weighted by atomic mass is 10.1. The number of esters is 1. The van der Waals surface area contributed by atoms with Crippen LogP contribution in [-0.2, 0) is 16.0 Å². The Kier molecular flexibility index (Phi) is 4.03. The third-order valence-electron chi connectivity index (χ3n) is 3.01. The SMILES string of the molecule is CC(C)n1nc(F)c2cccc(CC(=O)OC(C)(C)C)c21. The largest absolute Gasteiger partial charge is 0.460 e. The summed E-state index contributed by atoms with van der Waals surface area (Å²) in [5.41, 5.74) is 0.858. The van der Waals surface area contributed by atoms with Crippen molar-refractivity contribution in [3.63, 3.8) is 0 Å². The molecule has 0 radical (unpaired) electrons. The first-order chi connectivity index (χ1) is 9.69. The highest BCUT2D eigenvalue weighted by Crippen LogP contribution is 2.25. The van der Waals surface area contributed by atoms with Gasteiger partial charge in [0.2, 0.25) is 5.95 Å². The molecule has 2 aromatic rings. The lowest BCUT2D eigenvalue weighted by Crippen LogP contribution is -2.25. The first-order valence-corrected chi connectivity index (χ1v) is 7.06. The molecule has 0 saturated heterocycles. The zero-order chi connectivity index (χ0) is 15.8. The third kappa shape index (κ3) is 3.40. The van der Waals surface area contributed by atoms with E-state index in [2.05, 4.69) is 5.10 Å². The average Bonchev–Trinajstić information content (AvgIpc) is 2.66. The molecule has 0 N–H and O–H groups in total. The molecule has 1 aromatic heterocycles. The maximum Gasteiger partial charge on any atom is 0.310 e. The third-order valence-corrected chi connectivity index (χ3v) is 3.01. The average molecular weight is 292 g/mol. The van der Waals surface area contributed by atoms with Crippen LogP contribution in [0.4, 0.5) is 4.39 Å². The van der Waals surface area contributed by atoms with E-state index in [1.807, 2.05) is 40.7 Å². The molecule has 0 aliphatic rings. The minimum atomic E-state index is -0.533. The van der Waals surface area contributed by atoms with Crippen molar-refractivity contribution in [2.45, 2.75) is 52.7 Å². The van der Waals surface area contributed by atoms with Crippen molar-refractivity contribution in [3.8, 4) is 0 Å². The minimum absolute atomic E-state index is 0.0109. The zero-order valence-corrected chi connectivity index (χ0v) is 13.1. The monoisotopic (exact) mass is 292 g/mol. The summed E-state index contributed by atoms with van der Waals surface area (Å²) < 4.78 is 20.9. The van der Waals surface area contributed by atoms with Gasteiger partial charge in [0.25, 0.3) is 0 Å². The Labute approximate surface area is 123 Å². The van der Waals surface area contributed by atoms with E-state index >= 15 is 0 Å². The molecule has 5 heteroatoms. The highest BCUT2D eigenvalue weighted by Gasteiger charge is 2.20. The number of benzene rings is 1. The van der Waals surface area contributed by atoms with Crippen molar-refractivity contribution in [1.29, 1.82) is 0 Å². The molecule has 0 unspecified atom stereocenters. The highest BCUT2D eigenvalue weighted by atomic mass is 19.1. The zero-order valence-electron chi connectivity index (χ0n) is 13.1. The van der Waals surface area contributed by atoms with Crippen molar-refractivity contribution in [3.05, 3.63) is 29.7 Å². The number of hydrogen-bond donors (Lipinski definition) is 0. The highest BCUT2D eigenvalue weighted by molar-refractivity contribution is 5.86. The normalized spacial score (nSPS) is 12.1. The van der Waals surface area contributed by atoms with Gasteiger partial charge in [0.1, 0.15) is 5.60 Å². The molecule has 4 nitrogen and oxygen atoms in total. The summed E-state index contributed by atoms with van der Waals surface area (Å²) in [7, 11) is 0. The van der Waals surface area contributed by atoms with E-state index in [1.165, 1.54) is 0 Å². The Morgan fingerprint density at radius 2 is 2.05 bits per heavy atom. The molecule has 0 aliphatic heterocycles. The van der Waals surface area contributed by atoms with Crippen molar-refractivity contribution in [2.75, 3.05) is 0 Å². The van der Waals surface area contributed by atoms with E-state index in [-0.39, 0.29) is 18.4 Å². The first-order valence-electron chi connectivity index (χ1n) is 7.06. The molecule has 114 valence electrons. The number of ether oxygens (including phenoxy) is 1. The van der Waals surface area contributed by atoms with Gasteiger partial charge in [0.05, 0.1) is 17.3 Å². The van der Waals surface area contributed by atoms with E-state index in [0.29, 0.717) is 10.9 Å². The molecule has 0 saturated carbocycles. The summed E-state index contributed by atoms with van der Waals surface area (Å²) in [6, 6.07) is 5.23. The maximum atomic E-state index is 13.9. The quantitative estimate of drug-likeness (QED) is 0.811. The molecule has 1 heterocycles. The van der Waals surface area contributed by atoms with Crippen molar-refractivity contribution >= 4 is 16.9 Å². The van der Waals surface area contributed by atoms with Crippen LogP contribution >= 0.6 is 0 Å². The number of carbonyl (C=O) groups excluding carboxylic acids is 1. The molecule has 0 aliphatic carbocycles. The molecule has 1 aromatic carbocycles. The Hall–Kier alpha value is -1.91. The summed E-state index contributed by atoms with van der Waals surface area (Å²) in [6.45, 7) is 9.32. The van der Waals surface area contributed by atoms with Crippen LogP contribution in [0.5, 0.6) is 0 Å². The molecular weight excluding hydrogens is 271 g/mol. The number of nitrogens with zero attached hydrogens (tertiary/aromatic N) is 2. The van der Waals surface area contributed by atoms with Crippen LogP contribution in [0.3, 0.4) is 0 Å². The van der Waals surface area contributed by atoms with Gasteiger partial charge in [0.15, 0.2) is 0 Å². The second kappa shape index (κ2) is 5.47. The lowest BCUT2D eigenvalue weighted by molar-refractivity contribution is -0.153. The number of hydrogen-bond acceptors (Lipinski definition) is 3. The molecule has 0 fully saturated rings. The number of aromatic nitrogens is 2. The van der Waals surface area contributed by atoms with Crippen LogP contribution in [0, 0.1) is 5.95 Å². The van der Waals surface area contributed by atoms with Crippen LogP contribution in [0.1, 0.15) is 46.2 Å². The van der Waals surface area contributed by atoms with E-state index in [1.54, 1.807) is 16.8 Å². The summed E-state index contributed by atoms with van der Waals surface area (Å²) >= 11 is 0. The van der Waals surface area contributed by atoms with Gasteiger partial charge in [-0.05, 0) is 46.2 Å². The molecule has 0 bridgehead atoms. The molecule has 0 atom stereocenters. The molecular formula is C16H21FN2O2. The number of rotatable bonds is 3. The Bertz CT molecular complexity index is 669. The van der Waals surface area contributed by atoms with Gasteiger partial charge in [-0.15, -0.1) is 5.10 Å². The van der Waals surface area contributed by atoms with Crippen molar-refractivity contribution < 1.29 is 13.9 Å². The number of carbonyl (C=O) groups is 1. The molecule has 0 amide bonds. The van der Waals surface area contributed by atoms with E-state index in [0.717, 1.165) is 5.56 Å². The number of fused-ring (bicyclic) bond motifs is 1. The molecule has 0 spiro atoms. The Morgan fingerprint density at radius 1 is 1.38 bits per heavy atom. The molecule has 2 rings (SSSR count). The van der Waals surface area contributed by atoms with Gasteiger partial charge in [-0.3, -0.25) is 9.48 Å². The standard InChI is InChI=1S/C16H21FN2O2/c1-10(2)19-14-11(9-13(20)21-16(3,4)5)7-6-8-12(14)15(17)18-19/h6-8,10H,9H2,1-5H3. The van der Waals surface area contributed by atoms with Gasteiger partial charge in [-0.2, -0.15) is 4.39 Å². The fourth-order valence-electron chi connectivity index (χ4n) is 2.28. The minimum Gasteiger partial charge on any atom is -0.460 e. The predicted molar refractivity (Wildman–Crippen MR) is 79.6 cm³/mol. The van der Waals surface area contributed by atoms with Crippen LogP contribution in [0.15, 0.2) is 18.2 Å². The van der Waals surface area contributed by atoms with Crippen LogP contribution in [0.25, 0.3) is 10.9 Å². The lowest BCUT2D eigenvalue weighted by Gasteiger charge is -2.19. The van der Waals surface area contributed by atoms with Crippen LogP contribution in [0.2, 0.25) is 0 Å². The van der Waals surface area contributed by atoms with Gasteiger partial charge in [-0.1, -0.05) is 12.1 Å². The predicted octanol–water partition coefficient (Wildman–Crippen LogP) is 3.64. The van der Waals surface area contributed by atoms with Gasteiger partial charge < -0.3 is 4.74 Å². The Balaban J connectivity index is 2.42. The smallest absolute Gasteiger partial charge is 0.310 e. The van der Waals surface area contributed by atoms with Crippen LogP contribution < -0.4 is 0 Å². The van der Waals surface area contributed by atoms with Crippen molar-refractivity contribution in [2.24, 2.45) is 0 Å². The summed E-state index contributed by atoms with van der Waals surface area (Å²) in [4.78, 5) is 12.0. The fourth-order valence-corrected chi connectivity index (χ4v) is 2.28. The molecule has 21 heavy (non-hydrogen) atoms. The second-order valence-electron chi connectivity index (χ2n) is 6.41. The van der Waals surface area contributed by atoms with Crippen molar-refractivity contribution in [1.82, 2.24) is 9.78 Å². The van der Waals surface area contributed by atoms with Gasteiger partial charge in [-0.25, -0.2) is 0 Å². The summed E-state index contributed by atoms with van der Waals surface area (Å²) in [5.74, 6) is -0.836. The summed E-state index contributed by atoms with van der Waals surface area (Å²) in [5, 5.41) is 4.36. The maximum absolute atomic E-state index is 13.9. The van der Waals surface area contributed by atoms with E-state index < -0.39 is 11.5 Å². The fraction of sp³-hybridized carbons (Fsp3) is 0.500. The number of para-hydroxylation sites is 1. The number of halogens is 1.